The van der Waals surface area contributed by atoms with Gasteiger partial charge in [0.2, 0.25) is 5.91 Å². The molecule has 5 heteroatoms. The molecule has 0 spiro atoms. The molecule has 2 aromatic carbocycles. The second-order valence-corrected chi connectivity index (χ2v) is 9.32. The normalized spacial score (nSPS) is 11.8. The lowest BCUT2D eigenvalue weighted by atomic mass is 9.87. The van der Waals surface area contributed by atoms with Crippen LogP contribution in [0.3, 0.4) is 0 Å². The quantitative estimate of drug-likeness (QED) is 0.291. The first-order chi connectivity index (χ1) is 13.7. The highest BCUT2D eigenvalue weighted by Crippen LogP contribution is 2.31. The monoisotopic (exact) mass is 458 g/mol. The number of hydrazone groups is 1. The van der Waals surface area contributed by atoms with Crippen molar-refractivity contribution in [3.05, 3.63) is 63.6 Å². The van der Waals surface area contributed by atoms with E-state index in [1.54, 1.807) is 6.21 Å². The number of carbonyl (C=O) groups is 1. The highest BCUT2D eigenvalue weighted by molar-refractivity contribution is 9.10. The summed E-state index contributed by atoms with van der Waals surface area (Å²) in [5.74, 6) is 1.17. The summed E-state index contributed by atoms with van der Waals surface area (Å²) in [6, 6.07) is 14.3. The molecule has 0 aliphatic heterocycles. The van der Waals surface area contributed by atoms with Crippen molar-refractivity contribution in [1.82, 2.24) is 5.43 Å². The average Bonchev–Trinajstić information content (AvgIpc) is 2.66. The smallest absolute Gasteiger partial charge is 0.240 e. The molecule has 0 saturated heterocycles. The van der Waals surface area contributed by atoms with Gasteiger partial charge >= 0.3 is 0 Å². The first-order valence-electron chi connectivity index (χ1n) is 10.0. The number of halogens is 1. The van der Waals surface area contributed by atoms with Crippen LogP contribution in [0.5, 0.6) is 5.75 Å². The molecule has 0 aliphatic rings. The third-order valence-corrected chi connectivity index (χ3v) is 5.23. The van der Waals surface area contributed by atoms with E-state index >= 15 is 0 Å². The summed E-state index contributed by atoms with van der Waals surface area (Å²) in [4.78, 5) is 11.9. The molecule has 2 aromatic rings. The van der Waals surface area contributed by atoms with Crippen molar-refractivity contribution in [2.75, 3.05) is 6.61 Å². The molecule has 0 saturated carbocycles. The number of ether oxygens (including phenoxy) is 1. The molecule has 0 unspecified atom stereocenters. The van der Waals surface area contributed by atoms with E-state index in [-0.39, 0.29) is 11.3 Å². The highest BCUT2D eigenvalue weighted by Gasteiger charge is 2.15. The van der Waals surface area contributed by atoms with Crippen LogP contribution in [0.25, 0.3) is 0 Å². The predicted molar refractivity (Wildman–Crippen MR) is 124 cm³/mol. The second kappa shape index (κ2) is 10.6. The number of carbonyl (C=O) groups excluding carboxylic acids is 1. The van der Waals surface area contributed by atoms with Gasteiger partial charge in [0.15, 0.2) is 0 Å². The van der Waals surface area contributed by atoms with Gasteiger partial charge in [-0.25, -0.2) is 5.43 Å². The molecular formula is C24H31BrN2O2. The SMILES string of the molecule is CC(C)c1ccc(/C=N/NC(=O)CCCOc2ccc(C(C)(C)C)cc2Br)cc1. The van der Waals surface area contributed by atoms with Gasteiger partial charge < -0.3 is 4.74 Å². The summed E-state index contributed by atoms with van der Waals surface area (Å²) in [7, 11) is 0. The number of hydrogen-bond donors (Lipinski definition) is 1. The summed E-state index contributed by atoms with van der Waals surface area (Å²) in [5.41, 5.74) is 6.15. The van der Waals surface area contributed by atoms with Crippen LogP contribution in [0.1, 0.15) is 70.1 Å². The fourth-order valence-corrected chi connectivity index (χ4v) is 3.19. The van der Waals surface area contributed by atoms with E-state index in [4.69, 9.17) is 4.74 Å². The number of nitrogens with zero attached hydrogens (tertiary/aromatic N) is 1. The predicted octanol–water partition coefficient (Wildman–Crippen LogP) is 6.18. The largest absolute Gasteiger partial charge is 0.492 e. The first kappa shape index (κ1) is 23.1. The average molecular weight is 459 g/mol. The molecule has 156 valence electrons. The zero-order chi connectivity index (χ0) is 21.4. The minimum atomic E-state index is -0.120. The van der Waals surface area contributed by atoms with Crippen LogP contribution in [0.4, 0.5) is 0 Å². The minimum Gasteiger partial charge on any atom is -0.492 e. The molecule has 0 heterocycles. The highest BCUT2D eigenvalue weighted by atomic mass is 79.9. The molecule has 0 atom stereocenters. The van der Waals surface area contributed by atoms with Crippen LogP contribution in [0.15, 0.2) is 52.0 Å². The summed E-state index contributed by atoms with van der Waals surface area (Å²) in [5, 5.41) is 4.03. The Labute approximate surface area is 182 Å². The Bertz CT molecular complexity index is 837. The molecule has 0 fully saturated rings. The maximum absolute atomic E-state index is 11.9. The van der Waals surface area contributed by atoms with Crippen molar-refractivity contribution < 1.29 is 9.53 Å². The van der Waals surface area contributed by atoms with Crippen LogP contribution in [0, 0.1) is 0 Å². The molecule has 0 bridgehead atoms. The van der Waals surface area contributed by atoms with Crippen LogP contribution in [-0.2, 0) is 10.2 Å². The van der Waals surface area contributed by atoms with Gasteiger partial charge in [-0.05, 0) is 62.5 Å². The molecule has 29 heavy (non-hydrogen) atoms. The van der Waals surface area contributed by atoms with Gasteiger partial charge in [-0.15, -0.1) is 0 Å². The van der Waals surface area contributed by atoms with Crippen LogP contribution in [-0.4, -0.2) is 18.7 Å². The van der Waals surface area contributed by atoms with E-state index in [1.165, 1.54) is 11.1 Å². The topological polar surface area (TPSA) is 50.7 Å². The Kier molecular flexibility index (Phi) is 8.45. The van der Waals surface area contributed by atoms with E-state index < -0.39 is 0 Å². The lowest BCUT2D eigenvalue weighted by Crippen LogP contribution is -2.18. The van der Waals surface area contributed by atoms with E-state index in [9.17, 15) is 4.79 Å². The Morgan fingerprint density at radius 2 is 1.86 bits per heavy atom. The van der Waals surface area contributed by atoms with Gasteiger partial charge in [0.25, 0.3) is 0 Å². The third-order valence-electron chi connectivity index (χ3n) is 4.61. The summed E-state index contributed by atoms with van der Waals surface area (Å²) < 4.78 is 6.73. The van der Waals surface area contributed by atoms with E-state index in [0.29, 0.717) is 25.4 Å². The van der Waals surface area contributed by atoms with Crippen molar-refractivity contribution in [2.24, 2.45) is 5.10 Å². The number of benzene rings is 2. The van der Waals surface area contributed by atoms with Gasteiger partial charge in [-0.1, -0.05) is 65.0 Å². The van der Waals surface area contributed by atoms with Crippen molar-refractivity contribution in [3.63, 3.8) is 0 Å². The van der Waals surface area contributed by atoms with Crippen LogP contribution < -0.4 is 10.2 Å². The van der Waals surface area contributed by atoms with Crippen molar-refractivity contribution in [1.29, 1.82) is 0 Å². The van der Waals surface area contributed by atoms with Crippen molar-refractivity contribution in [2.45, 2.75) is 58.8 Å². The van der Waals surface area contributed by atoms with Crippen LogP contribution in [0.2, 0.25) is 0 Å². The zero-order valence-electron chi connectivity index (χ0n) is 18.0. The molecule has 4 nitrogen and oxygen atoms in total. The molecule has 1 N–H and O–H groups in total. The van der Waals surface area contributed by atoms with Gasteiger partial charge in [-0.3, -0.25) is 4.79 Å². The second-order valence-electron chi connectivity index (χ2n) is 8.46. The summed E-state index contributed by atoms with van der Waals surface area (Å²) in [6.45, 7) is 11.3. The summed E-state index contributed by atoms with van der Waals surface area (Å²) >= 11 is 3.57. The third kappa shape index (κ3) is 7.65. The molecule has 0 aliphatic carbocycles. The number of amides is 1. The number of nitrogens with one attached hydrogen (secondary N) is 1. The van der Waals surface area contributed by atoms with E-state index in [1.807, 2.05) is 18.2 Å². The fraction of sp³-hybridized carbons (Fsp3) is 0.417. The Morgan fingerprint density at radius 3 is 2.45 bits per heavy atom. The number of hydrogen-bond acceptors (Lipinski definition) is 3. The van der Waals surface area contributed by atoms with Gasteiger partial charge in [-0.2, -0.15) is 5.10 Å². The lowest BCUT2D eigenvalue weighted by molar-refractivity contribution is -0.121. The maximum Gasteiger partial charge on any atom is 0.240 e. The minimum absolute atomic E-state index is 0.0934. The standard InChI is InChI=1S/C24H31BrN2O2/c1-17(2)19-10-8-18(9-11-19)16-26-27-23(28)7-6-14-29-22-13-12-20(15-21(22)25)24(3,4)5/h8-13,15-17H,6-7,14H2,1-5H3,(H,27,28)/b26-16+. The molecule has 0 radical (unpaired) electrons. The molecule has 0 aromatic heterocycles. The summed E-state index contributed by atoms with van der Waals surface area (Å²) in [6.07, 6.45) is 2.64. The van der Waals surface area contributed by atoms with Crippen LogP contribution >= 0.6 is 15.9 Å². The van der Waals surface area contributed by atoms with Crippen molar-refractivity contribution >= 4 is 28.1 Å². The Balaban J connectivity index is 1.72. The first-order valence-corrected chi connectivity index (χ1v) is 10.8. The van der Waals surface area contributed by atoms with Crippen molar-refractivity contribution in [3.8, 4) is 5.75 Å². The van der Waals surface area contributed by atoms with Gasteiger partial charge in [0, 0.05) is 6.42 Å². The zero-order valence-corrected chi connectivity index (χ0v) is 19.5. The van der Waals surface area contributed by atoms with E-state index in [0.717, 1.165) is 15.8 Å². The lowest BCUT2D eigenvalue weighted by Gasteiger charge is -2.20. The molecule has 2 rings (SSSR count). The Hall–Kier alpha value is -2.14. The van der Waals surface area contributed by atoms with Gasteiger partial charge in [0.1, 0.15) is 5.75 Å². The number of rotatable bonds is 8. The molecule has 1 amide bonds. The fourth-order valence-electron chi connectivity index (χ4n) is 2.70. The maximum atomic E-state index is 11.9. The Morgan fingerprint density at radius 1 is 1.17 bits per heavy atom. The van der Waals surface area contributed by atoms with E-state index in [2.05, 4.69) is 85.3 Å². The molecular weight excluding hydrogens is 428 g/mol. The van der Waals surface area contributed by atoms with Gasteiger partial charge in [0.05, 0.1) is 17.3 Å².